The molecule has 3 heterocycles. The molecule has 6 aliphatic rings. The Hall–Kier alpha value is -1.68. The number of hydrogen-bond donors (Lipinski definition) is 0. The zero-order chi connectivity index (χ0) is 15.7. The molecular formula is C19H18O4. The molecule has 4 nitrogen and oxygen atoms in total. The molecule has 7 rings (SSSR count). The van der Waals surface area contributed by atoms with Crippen molar-refractivity contribution in [3.63, 3.8) is 0 Å². The minimum Gasteiger partial charge on any atom is -0.459 e. The Balaban J connectivity index is 1.78. The molecule has 0 radical (unpaired) electrons. The van der Waals surface area contributed by atoms with Gasteiger partial charge in [0.2, 0.25) is 0 Å². The summed E-state index contributed by atoms with van der Waals surface area (Å²) in [5.41, 5.74) is 4.19. The van der Waals surface area contributed by atoms with Crippen LogP contribution in [0.1, 0.15) is 47.6 Å². The monoisotopic (exact) mass is 310 g/mol. The van der Waals surface area contributed by atoms with E-state index in [2.05, 4.69) is 6.92 Å². The van der Waals surface area contributed by atoms with Crippen molar-refractivity contribution in [2.45, 2.75) is 50.9 Å². The van der Waals surface area contributed by atoms with Gasteiger partial charge in [0.15, 0.2) is 5.43 Å². The first-order chi connectivity index (χ1) is 11.0. The third kappa shape index (κ3) is 1.11. The highest BCUT2D eigenvalue weighted by atomic mass is 16.6. The third-order valence-corrected chi connectivity index (χ3v) is 7.36. The largest absolute Gasteiger partial charge is 0.459 e. The van der Waals surface area contributed by atoms with Gasteiger partial charge in [-0.15, -0.1) is 0 Å². The van der Waals surface area contributed by atoms with Gasteiger partial charge in [-0.2, -0.15) is 0 Å². The molecule has 0 aromatic heterocycles. The van der Waals surface area contributed by atoms with Crippen molar-refractivity contribution in [2.75, 3.05) is 0 Å². The molecule has 3 saturated heterocycles. The van der Waals surface area contributed by atoms with Crippen LogP contribution in [-0.4, -0.2) is 18.2 Å². The van der Waals surface area contributed by atoms with Gasteiger partial charge in [-0.25, -0.2) is 0 Å². The van der Waals surface area contributed by atoms with Crippen molar-refractivity contribution in [1.82, 2.24) is 0 Å². The van der Waals surface area contributed by atoms with Crippen molar-refractivity contribution in [2.24, 2.45) is 17.3 Å². The van der Waals surface area contributed by atoms with Crippen LogP contribution >= 0.6 is 0 Å². The Kier molecular flexibility index (Phi) is 1.95. The van der Waals surface area contributed by atoms with Crippen LogP contribution in [0.5, 0.6) is 0 Å². The number of hydrogen-bond acceptors (Lipinski definition) is 4. The SMILES string of the molecule is Cc1cc(=O)cc2c3c1[C@@H]1OC4[C@@H]5OC(=O)C(CC2)(C3C51)[C@H]4C. The second-order valence-electron chi connectivity index (χ2n) is 8.00. The molecule has 1 spiro atoms. The molecule has 1 aromatic rings. The van der Waals surface area contributed by atoms with E-state index in [9.17, 15) is 9.59 Å². The second-order valence-corrected chi connectivity index (χ2v) is 8.00. The van der Waals surface area contributed by atoms with Crippen LogP contribution < -0.4 is 5.43 Å². The molecular weight excluding hydrogens is 292 g/mol. The maximum absolute atomic E-state index is 12.9. The lowest BCUT2D eigenvalue weighted by Gasteiger charge is -2.57. The van der Waals surface area contributed by atoms with Gasteiger partial charge in [0.05, 0.1) is 17.6 Å². The van der Waals surface area contributed by atoms with E-state index in [0.29, 0.717) is 0 Å². The molecule has 118 valence electrons. The van der Waals surface area contributed by atoms with Crippen LogP contribution in [0.15, 0.2) is 16.9 Å². The molecule has 4 heteroatoms. The van der Waals surface area contributed by atoms with Crippen LogP contribution in [-0.2, 0) is 20.7 Å². The molecule has 0 amide bonds. The van der Waals surface area contributed by atoms with Gasteiger partial charge in [-0.3, -0.25) is 9.59 Å². The minimum absolute atomic E-state index is 0.00826. The number of carbonyl (C=O) groups is 1. The smallest absolute Gasteiger partial charge is 0.313 e. The average molecular weight is 310 g/mol. The molecule has 1 saturated carbocycles. The van der Waals surface area contributed by atoms with Crippen molar-refractivity contribution >= 4 is 5.97 Å². The molecule has 0 N–H and O–H groups in total. The van der Waals surface area contributed by atoms with Gasteiger partial charge in [-0.05, 0) is 54.2 Å². The molecule has 3 aliphatic carbocycles. The first kappa shape index (κ1) is 12.7. The molecule has 1 aromatic carbocycles. The van der Waals surface area contributed by atoms with E-state index in [1.807, 2.05) is 6.92 Å². The van der Waals surface area contributed by atoms with Crippen LogP contribution in [0.2, 0.25) is 0 Å². The van der Waals surface area contributed by atoms with E-state index in [-0.39, 0.29) is 47.5 Å². The van der Waals surface area contributed by atoms with E-state index < -0.39 is 5.41 Å². The molecule has 3 aliphatic heterocycles. The quantitative estimate of drug-likeness (QED) is 0.688. The molecule has 7 atom stereocenters. The summed E-state index contributed by atoms with van der Waals surface area (Å²) in [6, 6.07) is 3.52. The van der Waals surface area contributed by atoms with Crippen LogP contribution in [0.4, 0.5) is 0 Å². The van der Waals surface area contributed by atoms with Gasteiger partial charge in [0, 0.05) is 17.8 Å². The number of ether oxygens (including phenoxy) is 2. The second kappa shape index (κ2) is 3.54. The van der Waals surface area contributed by atoms with Crippen molar-refractivity contribution in [3.05, 3.63) is 44.6 Å². The lowest BCUT2D eigenvalue weighted by molar-refractivity contribution is -0.215. The molecule has 4 bridgehead atoms. The van der Waals surface area contributed by atoms with Crippen molar-refractivity contribution in [1.29, 1.82) is 0 Å². The molecule has 4 unspecified atom stereocenters. The predicted molar refractivity (Wildman–Crippen MR) is 81.1 cm³/mol. The molecule has 4 fully saturated rings. The summed E-state index contributed by atoms with van der Waals surface area (Å²) in [5, 5.41) is 0. The maximum Gasteiger partial charge on any atom is 0.313 e. The van der Waals surface area contributed by atoms with Gasteiger partial charge < -0.3 is 9.47 Å². The summed E-state index contributed by atoms with van der Waals surface area (Å²) >= 11 is 0. The fourth-order valence-electron chi connectivity index (χ4n) is 6.56. The zero-order valence-corrected chi connectivity index (χ0v) is 13.2. The van der Waals surface area contributed by atoms with Crippen LogP contribution in [0.3, 0.4) is 0 Å². The Labute approximate surface area is 133 Å². The van der Waals surface area contributed by atoms with E-state index in [1.165, 1.54) is 11.1 Å². The van der Waals surface area contributed by atoms with Gasteiger partial charge in [0.25, 0.3) is 0 Å². The van der Waals surface area contributed by atoms with Crippen molar-refractivity contribution < 1.29 is 14.3 Å². The Bertz CT molecular complexity index is 859. The fraction of sp³-hybridized carbons (Fsp3) is 0.579. The van der Waals surface area contributed by atoms with E-state index >= 15 is 0 Å². The summed E-state index contributed by atoms with van der Waals surface area (Å²) in [5.74, 6) is 0.594. The predicted octanol–water partition coefficient (Wildman–Crippen LogP) is 2.02. The molecule has 23 heavy (non-hydrogen) atoms. The normalized spacial score (nSPS) is 47.0. The van der Waals surface area contributed by atoms with Crippen LogP contribution in [0.25, 0.3) is 0 Å². The topological polar surface area (TPSA) is 52.6 Å². The van der Waals surface area contributed by atoms with Gasteiger partial charge in [0.1, 0.15) is 6.10 Å². The van der Waals surface area contributed by atoms with Crippen LogP contribution in [0, 0.1) is 24.2 Å². The fourth-order valence-corrected chi connectivity index (χ4v) is 6.56. The number of esters is 1. The number of aryl methyl sites for hydroxylation is 2. The standard InChI is InChI=1S/C19H18O4/c1-7-5-10(20)6-9-3-4-19-8(2)15-17(23-18(19)21)13-14(19)12(9)11(7)16(13)22-15/h5-6,8,13-17H,3-4H2,1-2H3/t8-,13?,14?,15?,16-,17+,19?/m0/s1. The third-order valence-electron chi connectivity index (χ3n) is 7.36. The highest BCUT2D eigenvalue weighted by molar-refractivity contribution is 5.83. The van der Waals surface area contributed by atoms with Crippen molar-refractivity contribution in [3.8, 4) is 0 Å². The number of fused-ring (bicyclic) bond motifs is 2. The lowest BCUT2D eigenvalue weighted by atomic mass is 9.50. The Morgan fingerprint density at radius 2 is 2.00 bits per heavy atom. The summed E-state index contributed by atoms with van der Waals surface area (Å²) < 4.78 is 12.3. The maximum atomic E-state index is 12.9. The number of rotatable bonds is 0. The Morgan fingerprint density at radius 1 is 1.17 bits per heavy atom. The van der Waals surface area contributed by atoms with E-state index in [1.54, 1.807) is 12.1 Å². The van der Waals surface area contributed by atoms with Gasteiger partial charge >= 0.3 is 5.97 Å². The zero-order valence-electron chi connectivity index (χ0n) is 13.2. The lowest BCUT2D eigenvalue weighted by Crippen LogP contribution is -2.64. The first-order valence-electron chi connectivity index (χ1n) is 8.58. The van der Waals surface area contributed by atoms with E-state index in [4.69, 9.17) is 9.47 Å². The summed E-state index contributed by atoms with van der Waals surface area (Å²) in [6.45, 7) is 4.17. The Morgan fingerprint density at radius 3 is 2.83 bits per heavy atom. The number of carbonyl (C=O) groups excluding carboxylic acids is 1. The van der Waals surface area contributed by atoms with Gasteiger partial charge in [-0.1, -0.05) is 6.92 Å². The highest BCUT2D eigenvalue weighted by Crippen LogP contribution is 2.73. The first-order valence-corrected chi connectivity index (χ1v) is 8.58. The average Bonchev–Trinajstić information content (AvgIpc) is 2.95. The summed E-state index contributed by atoms with van der Waals surface area (Å²) in [6.07, 6.45) is 1.47. The highest BCUT2D eigenvalue weighted by Gasteiger charge is 2.76. The summed E-state index contributed by atoms with van der Waals surface area (Å²) in [7, 11) is 0. The summed E-state index contributed by atoms with van der Waals surface area (Å²) in [4.78, 5) is 25.0. The minimum atomic E-state index is -0.444. The van der Waals surface area contributed by atoms with E-state index in [0.717, 1.165) is 24.0 Å².